The van der Waals surface area contributed by atoms with Crippen molar-refractivity contribution in [1.29, 1.82) is 0 Å². The molecular weight excluding hydrogens is 844 g/mol. The number of fused-ring (bicyclic) bond motifs is 3. The summed E-state index contributed by atoms with van der Waals surface area (Å²) in [5.74, 6) is -3.59. The van der Waals surface area contributed by atoms with Gasteiger partial charge in [0.25, 0.3) is 0 Å². The standard InChI is InChI=1S/C15H12O7.2C15H14O6.3H2/c16-7-4-10(19)12-11(5-7)22-15(14(21)13(12)20)6-1-2-8(17)9(18)3-6;2*16-8-4-11(18)9-6-13(20)15(21-14(9)5-8)7-1-2-10(17)12(19)3-7;;;/h1-5,14-19,21H;2*1-5,13,15-20H,6H2;3*1H/t14-,15+;13-,15+;13-,15-;;;/m001.../s1. The minimum Gasteiger partial charge on any atom is -0.508 e. The lowest BCUT2D eigenvalue weighted by Gasteiger charge is -2.31. The number of carbonyl (C=O) groups excluding carboxylic acids is 1. The van der Waals surface area contributed by atoms with Crippen molar-refractivity contribution in [3.05, 3.63) is 124 Å². The van der Waals surface area contributed by atoms with Gasteiger partial charge in [0.2, 0.25) is 5.78 Å². The fourth-order valence-electron chi connectivity index (χ4n) is 7.31. The number of aromatic hydroxyl groups is 12. The maximum atomic E-state index is 12.2. The molecule has 0 unspecified atom stereocenters. The van der Waals surface area contributed by atoms with Gasteiger partial charge in [0.1, 0.15) is 69.5 Å². The molecule has 6 aromatic rings. The van der Waals surface area contributed by atoms with E-state index in [1.54, 1.807) is 0 Å². The summed E-state index contributed by atoms with van der Waals surface area (Å²) in [6, 6.07) is 19.2. The largest absolute Gasteiger partial charge is 0.508 e. The van der Waals surface area contributed by atoms with Crippen molar-refractivity contribution in [3.63, 3.8) is 0 Å². The number of hydrogen-bond donors (Lipinski definition) is 15. The molecule has 0 saturated heterocycles. The minimum atomic E-state index is -1.60. The van der Waals surface area contributed by atoms with Crippen molar-refractivity contribution in [1.82, 2.24) is 0 Å². The van der Waals surface area contributed by atoms with Crippen LogP contribution in [0.1, 0.15) is 60.8 Å². The van der Waals surface area contributed by atoms with Crippen molar-refractivity contribution in [2.75, 3.05) is 0 Å². The normalized spacial score (nSPS) is 20.5. The van der Waals surface area contributed by atoms with Gasteiger partial charge in [0.05, 0.1) is 12.2 Å². The van der Waals surface area contributed by atoms with Gasteiger partial charge >= 0.3 is 0 Å². The van der Waals surface area contributed by atoms with Crippen LogP contribution in [-0.4, -0.2) is 101 Å². The number of ketones is 1. The summed E-state index contributed by atoms with van der Waals surface area (Å²) in [4.78, 5) is 12.2. The van der Waals surface area contributed by atoms with Crippen molar-refractivity contribution >= 4 is 5.78 Å². The molecule has 3 heterocycles. The van der Waals surface area contributed by atoms with Gasteiger partial charge in [-0.3, -0.25) is 4.79 Å². The first-order chi connectivity index (χ1) is 30.3. The summed E-state index contributed by atoms with van der Waals surface area (Å²) < 4.78 is 16.7. The number of aliphatic hydroxyl groups is 3. The Bertz CT molecular complexity index is 2650. The van der Waals surface area contributed by atoms with Crippen LogP contribution < -0.4 is 14.2 Å². The summed E-state index contributed by atoms with van der Waals surface area (Å²) in [6.07, 6.45) is -5.87. The van der Waals surface area contributed by atoms with Crippen LogP contribution in [0.2, 0.25) is 0 Å². The highest BCUT2D eigenvalue weighted by Crippen LogP contribution is 2.46. The third kappa shape index (κ3) is 8.79. The molecule has 0 fully saturated rings. The summed E-state index contributed by atoms with van der Waals surface area (Å²) in [5, 5.41) is 145. The fraction of sp³-hybridized carbons (Fsp3) is 0.178. The summed E-state index contributed by atoms with van der Waals surface area (Å²) in [6.45, 7) is 0. The number of rotatable bonds is 3. The summed E-state index contributed by atoms with van der Waals surface area (Å²) in [7, 11) is 0. The zero-order valence-electron chi connectivity index (χ0n) is 32.9. The highest BCUT2D eigenvalue weighted by molar-refractivity contribution is 6.05. The molecule has 9 rings (SSSR count). The van der Waals surface area contributed by atoms with E-state index < -0.39 is 53.9 Å². The summed E-state index contributed by atoms with van der Waals surface area (Å²) in [5.41, 5.74) is 1.82. The van der Waals surface area contributed by atoms with E-state index in [-0.39, 0.29) is 103 Å². The predicted molar refractivity (Wildman–Crippen MR) is 225 cm³/mol. The Morgan fingerprint density at radius 3 is 1.12 bits per heavy atom. The SMILES string of the molecule is O=C1c2c(O)cc(O)cc2O[C@H](c2ccc(O)c(O)c2)[C@H]1O.Oc1cc(O)c2c(c1)O[C@H](c1ccc(O)c(O)c1)[C@@H](O)C2.Oc1cc(O)c2c(c1)O[C@H](c1ccc(O)c(O)c1)[C@H](O)C2.[HH].[HH].[HH]. The zero-order valence-corrected chi connectivity index (χ0v) is 32.9. The van der Waals surface area contributed by atoms with Crippen LogP contribution in [0.25, 0.3) is 0 Å². The lowest BCUT2D eigenvalue weighted by molar-refractivity contribution is 0.0196. The van der Waals surface area contributed by atoms with Crippen molar-refractivity contribution in [2.24, 2.45) is 0 Å². The number of phenolic OH excluding ortho intramolecular Hbond substituents is 12. The molecule has 0 bridgehead atoms. The average Bonchev–Trinajstić information content (AvgIpc) is 3.23. The highest BCUT2D eigenvalue weighted by atomic mass is 16.5. The van der Waals surface area contributed by atoms with Gasteiger partial charge in [-0.2, -0.15) is 0 Å². The number of ether oxygens (including phenoxy) is 3. The molecule has 0 saturated carbocycles. The number of Topliss-reactive ketones (excluding diaryl/α,β-unsaturated/α-hetero) is 1. The molecule has 3 aliphatic rings. The Morgan fingerprint density at radius 1 is 0.391 bits per heavy atom. The van der Waals surface area contributed by atoms with Gasteiger partial charge in [0.15, 0.2) is 46.7 Å². The van der Waals surface area contributed by atoms with E-state index in [2.05, 4.69) is 0 Å². The first-order valence-corrected chi connectivity index (χ1v) is 19.1. The number of hydrogen-bond acceptors (Lipinski definition) is 19. The molecule has 0 amide bonds. The molecule has 19 nitrogen and oxygen atoms in total. The maximum absolute atomic E-state index is 12.2. The van der Waals surface area contributed by atoms with Crippen LogP contribution in [-0.2, 0) is 12.8 Å². The molecule has 0 aliphatic carbocycles. The first-order valence-electron chi connectivity index (χ1n) is 19.1. The molecule has 15 N–H and O–H groups in total. The van der Waals surface area contributed by atoms with Crippen molar-refractivity contribution < 1.29 is 99.9 Å². The molecule has 19 heteroatoms. The quantitative estimate of drug-likeness (QED) is 0.104. The third-order valence-electron chi connectivity index (χ3n) is 10.5. The van der Waals surface area contributed by atoms with E-state index in [4.69, 9.17) is 14.2 Å². The van der Waals surface area contributed by atoms with Crippen LogP contribution in [0, 0.1) is 0 Å². The van der Waals surface area contributed by atoms with Gasteiger partial charge in [-0.15, -0.1) is 0 Å². The third-order valence-corrected chi connectivity index (χ3v) is 10.5. The first kappa shape index (κ1) is 43.9. The van der Waals surface area contributed by atoms with Gasteiger partial charge in [0, 0.05) is 64.6 Å². The van der Waals surface area contributed by atoms with Crippen LogP contribution >= 0.6 is 0 Å². The Morgan fingerprint density at radius 2 is 0.734 bits per heavy atom. The molecule has 6 atom stereocenters. The topological polar surface area (TPSA) is 348 Å². The van der Waals surface area contributed by atoms with Crippen LogP contribution in [0.4, 0.5) is 0 Å². The van der Waals surface area contributed by atoms with Gasteiger partial charge in [-0.25, -0.2) is 0 Å². The second kappa shape index (κ2) is 17.3. The molecule has 64 heavy (non-hydrogen) atoms. The Labute approximate surface area is 365 Å². The monoisotopic (exact) mass is 890 g/mol. The number of benzene rings is 6. The fourth-order valence-corrected chi connectivity index (χ4v) is 7.31. The smallest absolute Gasteiger partial charge is 0.202 e. The molecule has 0 aromatic heterocycles. The lowest BCUT2D eigenvalue weighted by Crippen LogP contribution is -2.36. The number of phenols is 12. The van der Waals surface area contributed by atoms with E-state index in [9.17, 15) is 81.4 Å². The number of aliphatic hydroxyl groups excluding tert-OH is 3. The highest BCUT2D eigenvalue weighted by Gasteiger charge is 2.40. The number of carbonyl (C=O) groups is 1. The molecule has 0 spiro atoms. The minimum absolute atomic E-state index is 0. The maximum Gasteiger partial charge on any atom is 0.202 e. The van der Waals surface area contributed by atoms with E-state index in [0.29, 0.717) is 22.3 Å². The zero-order chi connectivity index (χ0) is 46.3. The second-order valence-corrected chi connectivity index (χ2v) is 14.9. The van der Waals surface area contributed by atoms with E-state index in [1.165, 1.54) is 72.8 Å². The van der Waals surface area contributed by atoms with Crippen LogP contribution in [0.3, 0.4) is 0 Å². The van der Waals surface area contributed by atoms with Gasteiger partial charge < -0.3 is 90.8 Å². The van der Waals surface area contributed by atoms with Crippen LogP contribution in [0.5, 0.6) is 86.2 Å². The lowest BCUT2D eigenvalue weighted by atomic mass is 9.92. The second-order valence-electron chi connectivity index (χ2n) is 14.9. The van der Waals surface area contributed by atoms with Crippen LogP contribution in [0.15, 0.2) is 91.0 Å². The molecule has 3 aliphatic heterocycles. The molecular formula is C45H46O19. The Kier molecular flexibility index (Phi) is 11.9. The average molecular weight is 891 g/mol. The van der Waals surface area contributed by atoms with Gasteiger partial charge in [-0.1, -0.05) is 18.2 Å². The van der Waals surface area contributed by atoms with Crippen molar-refractivity contribution in [3.8, 4) is 86.2 Å². The molecule has 340 valence electrons. The molecule has 0 radical (unpaired) electrons. The Hall–Kier alpha value is -8.13. The van der Waals surface area contributed by atoms with E-state index in [1.807, 2.05) is 0 Å². The van der Waals surface area contributed by atoms with E-state index >= 15 is 0 Å². The Balaban J connectivity index is 0.000000215. The van der Waals surface area contributed by atoms with Gasteiger partial charge in [-0.05, 0) is 53.1 Å². The summed E-state index contributed by atoms with van der Waals surface area (Å²) >= 11 is 0. The van der Waals surface area contributed by atoms with Crippen molar-refractivity contribution in [2.45, 2.75) is 49.5 Å². The predicted octanol–water partition coefficient (Wildman–Crippen LogP) is 5.02. The van der Waals surface area contributed by atoms with E-state index in [0.717, 1.165) is 18.2 Å². The molecule has 6 aromatic carbocycles.